The van der Waals surface area contributed by atoms with Gasteiger partial charge < -0.3 is 10.1 Å². The van der Waals surface area contributed by atoms with E-state index in [1.165, 1.54) is 4.68 Å². The van der Waals surface area contributed by atoms with Crippen molar-refractivity contribution in [1.29, 1.82) is 0 Å². The lowest BCUT2D eigenvalue weighted by Crippen LogP contribution is -2.51. The molecule has 0 radical (unpaired) electrons. The Morgan fingerprint density at radius 1 is 1.35 bits per heavy atom. The first-order valence-corrected chi connectivity index (χ1v) is 8.95. The Morgan fingerprint density at radius 3 is 2.74 bits per heavy atom. The lowest BCUT2D eigenvalue weighted by Gasteiger charge is -2.33. The Labute approximate surface area is 134 Å². The number of rotatable bonds is 4. The van der Waals surface area contributed by atoms with E-state index in [-0.39, 0.29) is 10.8 Å². The predicted molar refractivity (Wildman–Crippen MR) is 82.4 cm³/mol. The van der Waals surface area contributed by atoms with Gasteiger partial charge in [-0.1, -0.05) is 17.7 Å². The molecule has 1 saturated heterocycles. The van der Waals surface area contributed by atoms with E-state index < -0.39 is 15.4 Å². The number of nitrogens with zero attached hydrogens (tertiary/aromatic N) is 4. The number of aromatic nitrogens is 4. The number of benzene rings is 1. The van der Waals surface area contributed by atoms with Crippen molar-refractivity contribution in [2.45, 2.75) is 30.2 Å². The van der Waals surface area contributed by atoms with Crippen LogP contribution in [0.5, 0.6) is 0 Å². The molecule has 1 fully saturated rings. The smallest absolute Gasteiger partial charge is 0.198 e. The molecule has 0 amide bonds. The highest BCUT2D eigenvalue weighted by molar-refractivity contribution is 7.90. The zero-order valence-electron chi connectivity index (χ0n) is 13.1. The summed E-state index contributed by atoms with van der Waals surface area (Å²) in [4.78, 5) is 0.252. The Kier molecular flexibility index (Phi) is 4.17. The maximum absolute atomic E-state index is 12.6. The number of hydrogen-bond acceptors (Lipinski definition) is 7. The molecule has 9 heteroatoms. The molecule has 2 aromatic rings. The topological polar surface area (TPSA) is 99.0 Å². The zero-order chi connectivity index (χ0) is 16.5. The first-order chi connectivity index (χ1) is 10.9. The molecule has 0 spiro atoms. The standard InChI is InChI=1S/C14H19N5O3S/c1-11-3-5-12(6-4-11)23(20,21)10-19-13(16-17-18-19)14(2)9-22-8-7-15-14/h3-6,15H,7-10H2,1-2H3. The fourth-order valence-corrected chi connectivity index (χ4v) is 3.73. The number of sulfone groups is 1. The normalized spacial score (nSPS) is 22.2. The third-order valence-corrected chi connectivity index (χ3v) is 5.42. The second kappa shape index (κ2) is 5.99. The molecule has 0 bridgehead atoms. The molecule has 124 valence electrons. The minimum atomic E-state index is -3.54. The molecule has 1 aliphatic rings. The van der Waals surface area contributed by atoms with Crippen LogP contribution in [0.1, 0.15) is 18.3 Å². The molecule has 8 nitrogen and oxygen atoms in total. The van der Waals surface area contributed by atoms with Crippen LogP contribution in [0.25, 0.3) is 0 Å². The second-order valence-electron chi connectivity index (χ2n) is 5.87. The maximum Gasteiger partial charge on any atom is 0.198 e. The molecular weight excluding hydrogens is 318 g/mol. The first kappa shape index (κ1) is 16.0. The summed E-state index contributed by atoms with van der Waals surface area (Å²) < 4.78 is 32.0. The van der Waals surface area contributed by atoms with Gasteiger partial charge in [0.2, 0.25) is 0 Å². The minimum absolute atomic E-state index is 0.252. The largest absolute Gasteiger partial charge is 0.378 e. The Balaban J connectivity index is 1.89. The van der Waals surface area contributed by atoms with Crippen LogP contribution in [0.4, 0.5) is 0 Å². The van der Waals surface area contributed by atoms with E-state index in [2.05, 4.69) is 20.8 Å². The van der Waals surface area contributed by atoms with Gasteiger partial charge in [0.1, 0.15) is 5.54 Å². The molecule has 0 saturated carbocycles. The van der Waals surface area contributed by atoms with Crippen LogP contribution >= 0.6 is 0 Å². The van der Waals surface area contributed by atoms with Crippen molar-refractivity contribution in [3.05, 3.63) is 35.7 Å². The molecule has 1 unspecified atom stereocenters. The van der Waals surface area contributed by atoms with Gasteiger partial charge in [-0.25, -0.2) is 13.1 Å². The van der Waals surface area contributed by atoms with E-state index in [4.69, 9.17) is 4.74 Å². The highest BCUT2D eigenvalue weighted by Gasteiger charge is 2.36. The first-order valence-electron chi connectivity index (χ1n) is 7.30. The average molecular weight is 337 g/mol. The maximum atomic E-state index is 12.6. The Bertz CT molecular complexity index is 779. The molecule has 1 atom stereocenters. The van der Waals surface area contributed by atoms with Crippen LogP contribution in [-0.4, -0.2) is 48.4 Å². The van der Waals surface area contributed by atoms with Crippen LogP contribution < -0.4 is 5.32 Å². The van der Waals surface area contributed by atoms with E-state index in [9.17, 15) is 8.42 Å². The summed E-state index contributed by atoms with van der Waals surface area (Å²) in [7, 11) is -3.54. The molecule has 23 heavy (non-hydrogen) atoms. The van der Waals surface area contributed by atoms with E-state index in [1.54, 1.807) is 24.3 Å². The zero-order valence-corrected chi connectivity index (χ0v) is 13.9. The van der Waals surface area contributed by atoms with E-state index in [0.29, 0.717) is 25.6 Å². The lowest BCUT2D eigenvalue weighted by atomic mass is 10.0. The van der Waals surface area contributed by atoms with Crippen LogP contribution in [0.2, 0.25) is 0 Å². The van der Waals surface area contributed by atoms with Gasteiger partial charge in [-0.3, -0.25) is 0 Å². The second-order valence-corrected chi connectivity index (χ2v) is 7.83. The van der Waals surface area contributed by atoms with Crippen molar-refractivity contribution >= 4 is 9.84 Å². The molecule has 1 aromatic heterocycles. The van der Waals surface area contributed by atoms with Gasteiger partial charge in [-0.2, -0.15) is 0 Å². The average Bonchev–Trinajstić information content (AvgIpc) is 2.97. The van der Waals surface area contributed by atoms with E-state index in [0.717, 1.165) is 5.56 Å². The van der Waals surface area contributed by atoms with Crippen molar-refractivity contribution in [2.75, 3.05) is 19.8 Å². The van der Waals surface area contributed by atoms with Gasteiger partial charge in [0.25, 0.3) is 0 Å². The highest BCUT2D eigenvalue weighted by atomic mass is 32.2. The number of aryl methyl sites for hydroxylation is 1. The predicted octanol–water partition coefficient (Wildman–Crippen LogP) is 0.248. The number of nitrogens with one attached hydrogen (secondary N) is 1. The molecule has 0 aliphatic carbocycles. The number of tetrazole rings is 1. The third-order valence-electron chi connectivity index (χ3n) is 3.85. The van der Waals surface area contributed by atoms with Crippen LogP contribution in [0, 0.1) is 6.92 Å². The van der Waals surface area contributed by atoms with Crippen LogP contribution in [0.15, 0.2) is 29.2 Å². The molecular formula is C14H19N5O3S. The van der Waals surface area contributed by atoms with Crippen molar-refractivity contribution in [3.8, 4) is 0 Å². The van der Waals surface area contributed by atoms with Gasteiger partial charge in [0.15, 0.2) is 21.5 Å². The van der Waals surface area contributed by atoms with Crippen molar-refractivity contribution < 1.29 is 13.2 Å². The quantitative estimate of drug-likeness (QED) is 0.853. The number of ether oxygens (including phenoxy) is 1. The highest BCUT2D eigenvalue weighted by Crippen LogP contribution is 2.22. The molecule has 1 aromatic carbocycles. The monoisotopic (exact) mass is 337 g/mol. The summed E-state index contributed by atoms with van der Waals surface area (Å²) in [6.45, 7) is 5.46. The number of hydrogen-bond donors (Lipinski definition) is 1. The van der Waals surface area contributed by atoms with Gasteiger partial charge >= 0.3 is 0 Å². The van der Waals surface area contributed by atoms with Gasteiger partial charge in [-0.05, 0) is 36.4 Å². The summed E-state index contributed by atoms with van der Waals surface area (Å²) in [5.41, 5.74) is 0.396. The fraction of sp³-hybridized carbons (Fsp3) is 0.500. The summed E-state index contributed by atoms with van der Waals surface area (Å²) in [6.07, 6.45) is 0. The molecule has 2 heterocycles. The van der Waals surface area contributed by atoms with Crippen molar-refractivity contribution in [1.82, 2.24) is 25.5 Å². The molecule has 1 aliphatic heterocycles. The van der Waals surface area contributed by atoms with Crippen molar-refractivity contribution in [2.24, 2.45) is 0 Å². The molecule has 1 N–H and O–H groups in total. The SMILES string of the molecule is Cc1ccc(S(=O)(=O)Cn2nnnc2C2(C)COCCN2)cc1. The van der Waals surface area contributed by atoms with E-state index >= 15 is 0 Å². The minimum Gasteiger partial charge on any atom is -0.378 e. The Morgan fingerprint density at radius 2 is 2.09 bits per heavy atom. The van der Waals surface area contributed by atoms with Crippen LogP contribution in [0.3, 0.4) is 0 Å². The third kappa shape index (κ3) is 3.26. The summed E-state index contributed by atoms with van der Waals surface area (Å²) in [6, 6.07) is 6.73. The summed E-state index contributed by atoms with van der Waals surface area (Å²) in [5, 5.41) is 14.8. The van der Waals surface area contributed by atoms with Crippen LogP contribution in [-0.2, 0) is 26.0 Å². The Hall–Kier alpha value is -1.84. The summed E-state index contributed by atoms with van der Waals surface area (Å²) in [5.74, 6) is 0.142. The van der Waals surface area contributed by atoms with E-state index in [1.807, 2.05) is 13.8 Å². The lowest BCUT2D eigenvalue weighted by molar-refractivity contribution is 0.0282. The fourth-order valence-electron chi connectivity index (χ4n) is 2.54. The van der Waals surface area contributed by atoms with Gasteiger partial charge in [0.05, 0.1) is 18.1 Å². The van der Waals surface area contributed by atoms with Gasteiger partial charge in [-0.15, -0.1) is 5.10 Å². The number of morpholine rings is 1. The summed E-state index contributed by atoms with van der Waals surface area (Å²) >= 11 is 0. The van der Waals surface area contributed by atoms with Crippen molar-refractivity contribution in [3.63, 3.8) is 0 Å². The van der Waals surface area contributed by atoms with Gasteiger partial charge in [0, 0.05) is 6.54 Å². The molecule has 3 rings (SSSR count).